The highest BCUT2D eigenvalue weighted by Gasteiger charge is 2.60. The highest BCUT2D eigenvalue weighted by molar-refractivity contribution is 7.98. The average molecular weight is 301 g/mol. The maximum atomic E-state index is 12.1. The van der Waals surface area contributed by atoms with Crippen molar-refractivity contribution in [2.45, 2.75) is 48.8 Å². The largest absolute Gasteiger partial charge is 0.369 e. The maximum absolute atomic E-state index is 12.1. The Labute approximate surface area is 130 Å². The van der Waals surface area contributed by atoms with Crippen LogP contribution in [0.5, 0.6) is 0 Å². The minimum Gasteiger partial charge on any atom is -0.369 e. The number of carbonyl (C=O) groups is 1. The van der Waals surface area contributed by atoms with Crippen LogP contribution in [-0.2, 0) is 10.2 Å². The van der Waals surface area contributed by atoms with Crippen molar-refractivity contribution in [3.8, 4) is 0 Å². The molecule has 4 aliphatic carbocycles. The third kappa shape index (κ3) is 1.97. The molecule has 4 fully saturated rings. The Balaban J connectivity index is 1.75. The van der Waals surface area contributed by atoms with E-state index in [1.165, 1.54) is 29.7 Å². The normalized spacial score (nSPS) is 40.4. The summed E-state index contributed by atoms with van der Waals surface area (Å²) in [6.45, 7) is 0. The fraction of sp³-hybridized carbons (Fsp3) is 0.611. The van der Waals surface area contributed by atoms with E-state index in [2.05, 4.69) is 30.5 Å². The molecule has 1 amide bonds. The van der Waals surface area contributed by atoms with Gasteiger partial charge in [-0.15, -0.1) is 11.8 Å². The number of nitrogens with two attached hydrogens (primary N) is 1. The Kier molecular flexibility index (Phi) is 2.94. The van der Waals surface area contributed by atoms with E-state index >= 15 is 0 Å². The molecule has 2 unspecified atom stereocenters. The quantitative estimate of drug-likeness (QED) is 0.864. The van der Waals surface area contributed by atoms with Crippen LogP contribution in [0.15, 0.2) is 29.2 Å². The zero-order chi connectivity index (χ0) is 14.7. The van der Waals surface area contributed by atoms with Crippen molar-refractivity contribution in [1.29, 1.82) is 0 Å². The van der Waals surface area contributed by atoms with Crippen molar-refractivity contribution in [2.24, 2.45) is 23.0 Å². The first kappa shape index (κ1) is 13.7. The zero-order valence-corrected chi connectivity index (χ0v) is 13.4. The average Bonchev–Trinajstić information content (AvgIpc) is 2.46. The second-order valence-electron chi connectivity index (χ2n) is 7.61. The standard InChI is InChI=1S/C18H23NOS/c1-21-15-4-2-14(3-5-15)17-7-12-6-13(8-17)10-18(9-12,11-17)16(19)20/h2-5,12-13H,6-11H2,1H3,(H2,19,20). The first-order valence-electron chi connectivity index (χ1n) is 8.00. The van der Waals surface area contributed by atoms with E-state index in [9.17, 15) is 4.79 Å². The number of carbonyl (C=O) groups excluding carboxylic acids is 1. The van der Waals surface area contributed by atoms with Gasteiger partial charge in [-0.2, -0.15) is 0 Å². The Hall–Kier alpha value is -0.960. The second kappa shape index (κ2) is 4.52. The van der Waals surface area contributed by atoms with Crippen LogP contribution in [0.4, 0.5) is 0 Å². The van der Waals surface area contributed by atoms with Crippen LogP contribution < -0.4 is 5.73 Å². The molecule has 4 aliphatic rings. The van der Waals surface area contributed by atoms with E-state index < -0.39 is 0 Å². The molecule has 2 atom stereocenters. The summed E-state index contributed by atoms with van der Waals surface area (Å²) in [5.74, 6) is 1.37. The maximum Gasteiger partial charge on any atom is 0.223 e. The van der Waals surface area contributed by atoms with Crippen LogP contribution >= 0.6 is 11.8 Å². The highest BCUT2D eigenvalue weighted by atomic mass is 32.2. The number of hydrogen-bond donors (Lipinski definition) is 1. The molecule has 1 aromatic rings. The molecule has 21 heavy (non-hydrogen) atoms. The third-order valence-electron chi connectivity index (χ3n) is 6.29. The minimum absolute atomic E-state index is 0.0401. The Bertz CT molecular complexity index is 565. The van der Waals surface area contributed by atoms with Crippen LogP contribution in [0.3, 0.4) is 0 Å². The van der Waals surface area contributed by atoms with Gasteiger partial charge >= 0.3 is 0 Å². The van der Waals surface area contributed by atoms with Crippen LogP contribution in [0, 0.1) is 17.3 Å². The van der Waals surface area contributed by atoms with Gasteiger partial charge in [0.2, 0.25) is 5.91 Å². The second-order valence-corrected chi connectivity index (χ2v) is 8.49. The Morgan fingerprint density at radius 2 is 1.76 bits per heavy atom. The number of primary amides is 1. The number of amides is 1. The summed E-state index contributed by atoms with van der Waals surface area (Å²) in [5, 5.41) is 0. The van der Waals surface area contributed by atoms with E-state index in [0.29, 0.717) is 11.8 Å². The van der Waals surface area contributed by atoms with E-state index in [4.69, 9.17) is 5.73 Å². The van der Waals surface area contributed by atoms with Gasteiger partial charge in [0.05, 0.1) is 5.41 Å². The SMILES string of the molecule is CSc1ccc(C23CC4CC(CC(C(N)=O)(C4)C2)C3)cc1. The van der Waals surface area contributed by atoms with Crippen LogP contribution in [-0.4, -0.2) is 12.2 Å². The molecule has 0 radical (unpaired) electrons. The van der Waals surface area contributed by atoms with Crippen molar-refractivity contribution in [3.05, 3.63) is 29.8 Å². The van der Waals surface area contributed by atoms with Gasteiger partial charge in [0.25, 0.3) is 0 Å². The Morgan fingerprint density at radius 1 is 1.14 bits per heavy atom. The summed E-state index contributed by atoms with van der Waals surface area (Å²) < 4.78 is 0. The molecule has 4 saturated carbocycles. The first-order chi connectivity index (χ1) is 10.1. The van der Waals surface area contributed by atoms with E-state index in [-0.39, 0.29) is 16.7 Å². The fourth-order valence-corrected chi connectivity index (χ4v) is 6.24. The molecule has 4 bridgehead atoms. The molecular weight excluding hydrogens is 278 g/mol. The monoisotopic (exact) mass is 301 g/mol. The van der Waals surface area contributed by atoms with E-state index in [0.717, 1.165) is 19.3 Å². The summed E-state index contributed by atoms with van der Waals surface area (Å²) in [4.78, 5) is 13.5. The van der Waals surface area contributed by atoms with Crippen molar-refractivity contribution in [3.63, 3.8) is 0 Å². The van der Waals surface area contributed by atoms with Crippen LogP contribution in [0.1, 0.15) is 44.1 Å². The van der Waals surface area contributed by atoms with Crippen molar-refractivity contribution in [2.75, 3.05) is 6.26 Å². The lowest BCUT2D eigenvalue weighted by Crippen LogP contribution is -2.58. The molecule has 1 aromatic carbocycles. The van der Waals surface area contributed by atoms with Gasteiger partial charge in [0.15, 0.2) is 0 Å². The Morgan fingerprint density at radius 3 is 2.29 bits per heavy atom. The predicted molar refractivity (Wildman–Crippen MR) is 86.2 cm³/mol. The highest BCUT2D eigenvalue weighted by Crippen LogP contribution is 2.65. The van der Waals surface area contributed by atoms with Gasteiger partial charge in [-0.3, -0.25) is 4.79 Å². The molecule has 3 heteroatoms. The van der Waals surface area contributed by atoms with Gasteiger partial charge in [-0.05, 0) is 79.7 Å². The van der Waals surface area contributed by atoms with Gasteiger partial charge < -0.3 is 5.73 Å². The van der Waals surface area contributed by atoms with E-state index in [1.807, 2.05) is 0 Å². The topological polar surface area (TPSA) is 43.1 Å². The molecule has 0 spiro atoms. The number of hydrogen-bond acceptors (Lipinski definition) is 2. The number of thioether (sulfide) groups is 1. The first-order valence-corrected chi connectivity index (χ1v) is 9.22. The summed E-state index contributed by atoms with van der Waals surface area (Å²) in [6, 6.07) is 9.06. The number of rotatable bonds is 3. The lowest BCUT2D eigenvalue weighted by Gasteiger charge is -2.61. The fourth-order valence-electron chi connectivity index (χ4n) is 5.83. The minimum atomic E-state index is -0.206. The molecule has 0 saturated heterocycles. The third-order valence-corrected chi connectivity index (χ3v) is 7.03. The molecule has 5 rings (SSSR count). The van der Waals surface area contributed by atoms with Gasteiger partial charge in [0, 0.05) is 4.90 Å². The summed E-state index contributed by atoms with van der Waals surface area (Å²) >= 11 is 1.78. The van der Waals surface area contributed by atoms with Crippen LogP contribution in [0.2, 0.25) is 0 Å². The van der Waals surface area contributed by atoms with Crippen molar-refractivity contribution < 1.29 is 4.79 Å². The molecule has 0 aliphatic heterocycles. The summed E-state index contributed by atoms with van der Waals surface area (Å²) in [7, 11) is 0. The molecular formula is C18H23NOS. The predicted octanol–water partition coefficient (Wildman–Crippen LogP) is 3.73. The smallest absolute Gasteiger partial charge is 0.223 e. The summed E-state index contributed by atoms with van der Waals surface area (Å²) in [5.41, 5.74) is 7.29. The van der Waals surface area contributed by atoms with Crippen molar-refractivity contribution >= 4 is 17.7 Å². The van der Waals surface area contributed by atoms with E-state index in [1.54, 1.807) is 11.8 Å². The molecule has 112 valence electrons. The molecule has 2 N–H and O–H groups in total. The van der Waals surface area contributed by atoms with Crippen molar-refractivity contribution in [1.82, 2.24) is 0 Å². The number of benzene rings is 1. The summed E-state index contributed by atoms with van der Waals surface area (Å²) in [6.07, 6.45) is 9.03. The lowest BCUT2D eigenvalue weighted by molar-refractivity contribution is -0.145. The van der Waals surface area contributed by atoms with Crippen LogP contribution in [0.25, 0.3) is 0 Å². The zero-order valence-electron chi connectivity index (χ0n) is 12.6. The molecule has 2 nitrogen and oxygen atoms in total. The van der Waals surface area contributed by atoms with Gasteiger partial charge in [-0.1, -0.05) is 12.1 Å². The van der Waals surface area contributed by atoms with Gasteiger partial charge in [-0.25, -0.2) is 0 Å². The lowest BCUT2D eigenvalue weighted by atomic mass is 9.42. The molecule has 0 heterocycles. The molecule has 0 aromatic heterocycles. The van der Waals surface area contributed by atoms with Gasteiger partial charge in [0.1, 0.15) is 0 Å².